The van der Waals surface area contributed by atoms with E-state index >= 15 is 0 Å². The van der Waals surface area contributed by atoms with Gasteiger partial charge in [0.15, 0.2) is 0 Å². The highest BCUT2D eigenvalue weighted by atomic mass is 32.2. The Morgan fingerprint density at radius 2 is 1.57 bits per heavy atom. The van der Waals surface area contributed by atoms with Gasteiger partial charge in [-0.3, -0.25) is 0 Å². The van der Waals surface area contributed by atoms with Crippen LogP contribution in [0.5, 0.6) is 0 Å². The highest BCUT2D eigenvalue weighted by Crippen LogP contribution is 2.29. The number of anilines is 2. The molecule has 8 heteroatoms. The monoisotopic (exact) mass is 495 g/mol. The second kappa shape index (κ2) is 11.4. The average molecular weight is 496 g/mol. The predicted molar refractivity (Wildman–Crippen MR) is 143 cm³/mol. The van der Waals surface area contributed by atoms with Crippen LogP contribution in [0.25, 0.3) is 10.9 Å². The Kier molecular flexibility index (Phi) is 8.23. The van der Waals surface area contributed by atoms with Gasteiger partial charge in [-0.25, -0.2) is 18.1 Å². The van der Waals surface area contributed by atoms with Crippen LogP contribution in [0.4, 0.5) is 11.8 Å². The van der Waals surface area contributed by atoms with E-state index in [1.54, 1.807) is 12.1 Å². The molecule has 1 aliphatic rings. The molecule has 1 fully saturated rings. The lowest BCUT2D eigenvalue weighted by Gasteiger charge is -2.28. The highest BCUT2D eigenvalue weighted by molar-refractivity contribution is 7.89. The third kappa shape index (κ3) is 6.49. The molecule has 2 aromatic carbocycles. The molecule has 1 aromatic heterocycles. The molecular weight excluding hydrogens is 458 g/mol. The first-order chi connectivity index (χ1) is 16.9. The summed E-state index contributed by atoms with van der Waals surface area (Å²) in [6.07, 6.45) is 6.20. The van der Waals surface area contributed by atoms with Gasteiger partial charge < -0.3 is 10.2 Å². The van der Waals surface area contributed by atoms with Crippen LogP contribution < -0.4 is 14.9 Å². The lowest BCUT2D eigenvalue weighted by molar-refractivity contribution is 0.284. The van der Waals surface area contributed by atoms with Crippen molar-refractivity contribution in [3.8, 4) is 0 Å². The molecule has 0 atom stereocenters. The maximum atomic E-state index is 12.7. The molecule has 0 saturated heterocycles. The van der Waals surface area contributed by atoms with Gasteiger partial charge in [-0.15, -0.1) is 0 Å². The minimum Gasteiger partial charge on any atom is -0.362 e. The van der Waals surface area contributed by atoms with E-state index in [0.717, 1.165) is 61.8 Å². The topological polar surface area (TPSA) is 87.2 Å². The van der Waals surface area contributed by atoms with Crippen molar-refractivity contribution < 1.29 is 8.42 Å². The smallest absolute Gasteiger partial charge is 0.240 e. The second-order valence-electron chi connectivity index (χ2n) is 9.80. The van der Waals surface area contributed by atoms with Crippen LogP contribution in [0.3, 0.4) is 0 Å². The zero-order valence-corrected chi connectivity index (χ0v) is 21.8. The van der Waals surface area contributed by atoms with Gasteiger partial charge in [0.25, 0.3) is 0 Å². The molecule has 4 rings (SSSR count). The minimum absolute atomic E-state index is 0.350. The Bertz CT molecular complexity index is 1220. The van der Waals surface area contributed by atoms with Gasteiger partial charge >= 0.3 is 0 Å². The molecule has 0 unspecified atom stereocenters. The van der Waals surface area contributed by atoms with Gasteiger partial charge in [-0.05, 0) is 73.8 Å². The fourth-order valence-electron chi connectivity index (χ4n) is 4.79. The van der Waals surface area contributed by atoms with Crippen LogP contribution in [-0.4, -0.2) is 45.6 Å². The summed E-state index contributed by atoms with van der Waals surface area (Å²) in [6, 6.07) is 15.3. The largest absolute Gasteiger partial charge is 0.362 e. The van der Waals surface area contributed by atoms with Crippen molar-refractivity contribution in [2.75, 3.05) is 37.4 Å². The van der Waals surface area contributed by atoms with Crippen molar-refractivity contribution in [1.29, 1.82) is 0 Å². The number of aromatic nitrogens is 2. The zero-order valence-electron chi connectivity index (χ0n) is 21.0. The number of benzene rings is 2. The van der Waals surface area contributed by atoms with E-state index in [1.807, 2.05) is 55.4 Å². The van der Waals surface area contributed by atoms with E-state index in [0.29, 0.717) is 29.2 Å². The molecule has 1 heterocycles. The summed E-state index contributed by atoms with van der Waals surface area (Å²) in [5, 5.41) is 4.49. The molecule has 0 spiro atoms. The Morgan fingerprint density at radius 3 is 2.23 bits per heavy atom. The van der Waals surface area contributed by atoms with Gasteiger partial charge in [-0.1, -0.05) is 37.6 Å². The number of hydrogen-bond acceptors (Lipinski definition) is 6. The number of hydrogen-bond donors (Lipinski definition) is 2. The molecule has 0 radical (unpaired) electrons. The van der Waals surface area contributed by atoms with Crippen molar-refractivity contribution in [3.05, 3.63) is 54.1 Å². The van der Waals surface area contributed by atoms with E-state index in [2.05, 4.69) is 17.0 Å². The molecule has 7 nitrogen and oxygen atoms in total. The third-order valence-electron chi connectivity index (χ3n) is 6.86. The van der Waals surface area contributed by atoms with Crippen LogP contribution >= 0.6 is 0 Å². The van der Waals surface area contributed by atoms with Crippen molar-refractivity contribution in [1.82, 2.24) is 14.7 Å². The second-order valence-corrected chi connectivity index (χ2v) is 11.6. The van der Waals surface area contributed by atoms with Crippen LogP contribution in [0.1, 0.15) is 44.6 Å². The molecule has 3 aromatic rings. The van der Waals surface area contributed by atoms with Crippen LogP contribution in [0, 0.1) is 11.8 Å². The van der Waals surface area contributed by atoms with Crippen molar-refractivity contribution in [2.24, 2.45) is 11.8 Å². The summed E-state index contributed by atoms with van der Waals surface area (Å²) in [5.41, 5.74) is 2.11. The summed E-state index contributed by atoms with van der Waals surface area (Å²) in [5.74, 6) is 2.48. The quantitative estimate of drug-likeness (QED) is 0.418. The average Bonchev–Trinajstić information content (AvgIpc) is 2.87. The normalized spacial score (nSPS) is 18.5. The third-order valence-corrected chi connectivity index (χ3v) is 8.30. The summed E-state index contributed by atoms with van der Waals surface area (Å²) in [7, 11) is 0.528. The SMILES string of the molecule is CCCc1ccc(S(=O)(=O)NCC2CCC(CNc3nc(N(C)C)c4ccccc4n3)CC2)cc1. The number of fused-ring (bicyclic) bond motifs is 1. The Labute approximate surface area is 209 Å². The predicted octanol–water partition coefficient (Wildman–Crippen LogP) is 4.85. The van der Waals surface area contributed by atoms with Crippen LogP contribution in [-0.2, 0) is 16.4 Å². The molecule has 1 saturated carbocycles. The number of sulfonamides is 1. The number of rotatable bonds is 10. The maximum Gasteiger partial charge on any atom is 0.240 e. The van der Waals surface area contributed by atoms with E-state index in [4.69, 9.17) is 9.97 Å². The number of aryl methyl sites for hydroxylation is 1. The molecular formula is C27H37N5O2S. The first kappa shape index (κ1) is 25.4. The summed E-state index contributed by atoms with van der Waals surface area (Å²) >= 11 is 0. The molecule has 0 amide bonds. The first-order valence-electron chi connectivity index (χ1n) is 12.6. The zero-order chi connectivity index (χ0) is 24.8. The highest BCUT2D eigenvalue weighted by Gasteiger charge is 2.23. The summed E-state index contributed by atoms with van der Waals surface area (Å²) in [4.78, 5) is 11.8. The van der Waals surface area contributed by atoms with E-state index < -0.39 is 10.0 Å². The van der Waals surface area contributed by atoms with Crippen molar-refractivity contribution >= 4 is 32.7 Å². The van der Waals surface area contributed by atoms with E-state index in [1.165, 1.54) is 5.56 Å². The number of nitrogens with zero attached hydrogens (tertiary/aromatic N) is 3. The minimum atomic E-state index is -3.46. The molecule has 188 valence electrons. The number of para-hydroxylation sites is 1. The lowest BCUT2D eigenvalue weighted by atomic mass is 9.82. The fourth-order valence-corrected chi connectivity index (χ4v) is 5.91. The molecule has 0 aliphatic heterocycles. The van der Waals surface area contributed by atoms with Crippen LogP contribution in [0.15, 0.2) is 53.4 Å². The lowest BCUT2D eigenvalue weighted by Crippen LogP contribution is -2.32. The van der Waals surface area contributed by atoms with Crippen molar-refractivity contribution in [3.63, 3.8) is 0 Å². The van der Waals surface area contributed by atoms with Gasteiger partial charge in [-0.2, -0.15) is 4.98 Å². The van der Waals surface area contributed by atoms with Gasteiger partial charge in [0.2, 0.25) is 16.0 Å². The fraction of sp³-hybridized carbons (Fsp3) is 0.481. The van der Waals surface area contributed by atoms with Gasteiger partial charge in [0.1, 0.15) is 5.82 Å². The molecule has 35 heavy (non-hydrogen) atoms. The van der Waals surface area contributed by atoms with Gasteiger partial charge in [0.05, 0.1) is 10.4 Å². The molecule has 2 N–H and O–H groups in total. The summed E-state index contributed by atoms with van der Waals surface area (Å²) in [6.45, 7) is 3.45. The standard InChI is InChI=1S/C27H37N5O2S/c1-4-7-20-14-16-23(17-15-20)35(33,34)29-19-22-12-10-21(11-13-22)18-28-27-30-25-9-6-5-8-24(25)26(31-27)32(2)3/h5-6,8-9,14-17,21-22,29H,4,7,10-13,18-19H2,1-3H3,(H,28,30,31). The van der Waals surface area contributed by atoms with Gasteiger partial charge in [0, 0.05) is 32.6 Å². The maximum absolute atomic E-state index is 12.7. The Morgan fingerprint density at radius 1 is 0.914 bits per heavy atom. The Balaban J connectivity index is 1.26. The summed E-state index contributed by atoms with van der Waals surface area (Å²) < 4.78 is 28.2. The van der Waals surface area contributed by atoms with Crippen molar-refractivity contribution in [2.45, 2.75) is 50.3 Å². The first-order valence-corrected chi connectivity index (χ1v) is 14.1. The van der Waals surface area contributed by atoms with E-state index in [9.17, 15) is 8.42 Å². The Hall–Kier alpha value is -2.71. The van der Waals surface area contributed by atoms with Crippen LogP contribution in [0.2, 0.25) is 0 Å². The molecule has 1 aliphatic carbocycles. The molecule has 0 bridgehead atoms. The van der Waals surface area contributed by atoms with E-state index in [-0.39, 0.29) is 0 Å². The number of nitrogens with one attached hydrogen (secondary N) is 2.